The number of aromatic nitrogens is 5. The fourth-order valence-corrected chi connectivity index (χ4v) is 10.5. The van der Waals surface area contributed by atoms with E-state index in [-0.39, 0.29) is 0 Å². The first-order valence-electron chi connectivity index (χ1n) is 23.3. The van der Waals surface area contributed by atoms with Gasteiger partial charge in [0.2, 0.25) is 0 Å². The van der Waals surface area contributed by atoms with Crippen LogP contribution >= 0.6 is 0 Å². The van der Waals surface area contributed by atoms with E-state index in [2.05, 4.69) is 209 Å². The number of benzene rings is 10. The Hall–Kier alpha value is -9.39. The molecule has 0 saturated heterocycles. The molecule has 0 aliphatic carbocycles. The molecule has 0 atom stereocenters. The molecular formula is C63H39N5O. The Morgan fingerprint density at radius 2 is 0.826 bits per heavy atom. The van der Waals surface area contributed by atoms with Crippen molar-refractivity contribution < 1.29 is 4.42 Å². The smallest absolute Gasteiger partial charge is 0.164 e. The van der Waals surface area contributed by atoms with Gasteiger partial charge in [-0.3, -0.25) is 0 Å². The van der Waals surface area contributed by atoms with E-state index >= 15 is 0 Å². The van der Waals surface area contributed by atoms with E-state index in [1.54, 1.807) is 0 Å². The molecule has 322 valence electrons. The zero-order chi connectivity index (χ0) is 45.4. The second-order valence-corrected chi connectivity index (χ2v) is 17.5. The van der Waals surface area contributed by atoms with E-state index < -0.39 is 0 Å². The summed E-state index contributed by atoms with van der Waals surface area (Å²) in [6.45, 7) is 0. The molecule has 0 spiro atoms. The number of furan rings is 1. The fraction of sp³-hybridized carbons (Fsp3) is 0. The topological polar surface area (TPSA) is 61.7 Å². The van der Waals surface area contributed by atoms with Gasteiger partial charge in [-0.05, 0) is 89.0 Å². The Labute approximate surface area is 396 Å². The lowest BCUT2D eigenvalue weighted by Crippen LogP contribution is -2.01. The Kier molecular flexibility index (Phi) is 8.79. The van der Waals surface area contributed by atoms with Crippen molar-refractivity contribution in [2.75, 3.05) is 0 Å². The first-order chi connectivity index (χ1) is 34.2. The fourth-order valence-electron chi connectivity index (χ4n) is 10.5. The molecule has 6 heteroatoms. The molecule has 14 rings (SSSR count). The van der Waals surface area contributed by atoms with E-state index in [0.717, 1.165) is 94.1 Å². The predicted molar refractivity (Wildman–Crippen MR) is 283 cm³/mol. The van der Waals surface area contributed by atoms with Gasteiger partial charge in [0.05, 0.1) is 27.8 Å². The van der Waals surface area contributed by atoms with Gasteiger partial charge < -0.3 is 13.6 Å². The summed E-state index contributed by atoms with van der Waals surface area (Å²) in [6, 6.07) is 83.2. The van der Waals surface area contributed by atoms with Gasteiger partial charge in [-0.2, -0.15) is 0 Å². The Balaban J connectivity index is 1.05. The molecule has 4 heterocycles. The van der Waals surface area contributed by atoms with Crippen molar-refractivity contribution in [2.45, 2.75) is 0 Å². The quantitative estimate of drug-likeness (QED) is 0.160. The Morgan fingerprint density at radius 1 is 0.304 bits per heavy atom. The van der Waals surface area contributed by atoms with Gasteiger partial charge in [0, 0.05) is 54.7 Å². The van der Waals surface area contributed by atoms with E-state index in [9.17, 15) is 0 Å². The summed E-state index contributed by atoms with van der Waals surface area (Å²) in [7, 11) is 0. The van der Waals surface area contributed by atoms with Crippen LogP contribution < -0.4 is 0 Å². The second-order valence-electron chi connectivity index (χ2n) is 17.5. The summed E-state index contributed by atoms with van der Waals surface area (Å²) < 4.78 is 11.9. The van der Waals surface area contributed by atoms with E-state index in [1.807, 2.05) is 36.4 Å². The molecule has 4 aromatic heterocycles. The van der Waals surface area contributed by atoms with Crippen LogP contribution in [0.4, 0.5) is 0 Å². The van der Waals surface area contributed by atoms with Crippen molar-refractivity contribution in [1.29, 1.82) is 0 Å². The average Bonchev–Trinajstić information content (AvgIpc) is 4.09. The minimum atomic E-state index is 0.567. The summed E-state index contributed by atoms with van der Waals surface area (Å²) in [5, 5.41) is 6.68. The molecule has 0 unspecified atom stereocenters. The summed E-state index contributed by atoms with van der Waals surface area (Å²) in [5.41, 5.74) is 15.3. The third-order valence-corrected chi connectivity index (χ3v) is 13.6. The molecule has 0 N–H and O–H groups in total. The van der Waals surface area contributed by atoms with Gasteiger partial charge in [0.1, 0.15) is 5.58 Å². The van der Waals surface area contributed by atoms with Crippen molar-refractivity contribution in [3.8, 4) is 67.8 Å². The number of nitrogens with zero attached hydrogens (tertiary/aromatic N) is 5. The molecule has 0 bridgehead atoms. The maximum atomic E-state index is 7.08. The van der Waals surface area contributed by atoms with Gasteiger partial charge in [0.15, 0.2) is 23.1 Å². The van der Waals surface area contributed by atoms with E-state index in [4.69, 9.17) is 19.4 Å². The zero-order valence-electron chi connectivity index (χ0n) is 37.2. The third-order valence-electron chi connectivity index (χ3n) is 13.6. The van der Waals surface area contributed by atoms with Crippen LogP contribution in [0.5, 0.6) is 0 Å². The monoisotopic (exact) mass is 881 g/mol. The normalized spacial score (nSPS) is 11.8. The van der Waals surface area contributed by atoms with E-state index in [1.165, 1.54) is 21.7 Å². The summed E-state index contributed by atoms with van der Waals surface area (Å²) >= 11 is 0. The van der Waals surface area contributed by atoms with Crippen LogP contribution in [0.3, 0.4) is 0 Å². The number of rotatable bonds is 7. The van der Waals surface area contributed by atoms with Crippen LogP contribution in [0, 0.1) is 0 Å². The number of para-hydroxylation sites is 3. The molecular weight excluding hydrogens is 843 g/mol. The minimum absolute atomic E-state index is 0.567. The maximum absolute atomic E-state index is 7.08. The van der Waals surface area contributed by atoms with E-state index in [0.29, 0.717) is 17.5 Å². The Bertz CT molecular complexity index is 4290. The maximum Gasteiger partial charge on any atom is 0.164 e. The zero-order valence-corrected chi connectivity index (χ0v) is 37.2. The second kappa shape index (κ2) is 15.6. The summed E-state index contributed by atoms with van der Waals surface area (Å²) in [5.74, 6) is 1.76. The van der Waals surface area contributed by atoms with Crippen molar-refractivity contribution in [1.82, 2.24) is 24.1 Å². The van der Waals surface area contributed by atoms with Crippen molar-refractivity contribution in [3.05, 3.63) is 237 Å². The number of hydrogen-bond acceptors (Lipinski definition) is 4. The lowest BCUT2D eigenvalue weighted by molar-refractivity contribution is 0.666. The number of hydrogen-bond donors (Lipinski definition) is 0. The molecule has 0 amide bonds. The van der Waals surface area contributed by atoms with Gasteiger partial charge >= 0.3 is 0 Å². The largest absolute Gasteiger partial charge is 0.454 e. The lowest BCUT2D eigenvalue weighted by atomic mass is 10.0. The van der Waals surface area contributed by atoms with Crippen molar-refractivity contribution in [3.63, 3.8) is 0 Å². The lowest BCUT2D eigenvalue weighted by Gasteiger charge is -2.13. The van der Waals surface area contributed by atoms with Gasteiger partial charge in [-0.15, -0.1) is 0 Å². The van der Waals surface area contributed by atoms with Crippen LogP contribution in [0.2, 0.25) is 0 Å². The van der Waals surface area contributed by atoms with Crippen LogP contribution in [0.1, 0.15) is 0 Å². The SMILES string of the molecule is c1ccc(-c2cccc(-c3nc(-c4ccccc4)nc(-c4ccc(-n5c6ccc(-c7ccccc7)cc6c6c7c8ccccc8n(-c8ccccc8)c7ccc65)c5oc6ccccc6c45)n3)c2)cc1. The molecule has 0 saturated carbocycles. The highest BCUT2D eigenvalue weighted by atomic mass is 16.3. The van der Waals surface area contributed by atoms with Crippen LogP contribution in [0.25, 0.3) is 133 Å². The van der Waals surface area contributed by atoms with Gasteiger partial charge in [-0.25, -0.2) is 15.0 Å². The molecule has 0 radical (unpaired) electrons. The molecule has 0 fully saturated rings. The van der Waals surface area contributed by atoms with Crippen molar-refractivity contribution >= 4 is 65.6 Å². The molecule has 69 heavy (non-hydrogen) atoms. The highest BCUT2D eigenvalue weighted by Gasteiger charge is 2.25. The Morgan fingerprint density at radius 3 is 1.57 bits per heavy atom. The molecule has 0 aliphatic heterocycles. The van der Waals surface area contributed by atoms with Gasteiger partial charge in [-0.1, -0.05) is 170 Å². The molecule has 10 aromatic carbocycles. The molecule has 14 aromatic rings. The first kappa shape index (κ1) is 38.8. The molecule has 0 aliphatic rings. The minimum Gasteiger partial charge on any atom is -0.454 e. The summed E-state index contributed by atoms with van der Waals surface area (Å²) in [6.07, 6.45) is 0. The average molecular weight is 882 g/mol. The first-order valence-corrected chi connectivity index (χ1v) is 23.3. The number of fused-ring (bicyclic) bond motifs is 10. The molecule has 6 nitrogen and oxygen atoms in total. The highest BCUT2D eigenvalue weighted by molar-refractivity contribution is 6.29. The van der Waals surface area contributed by atoms with Crippen molar-refractivity contribution in [2.24, 2.45) is 0 Å². The van der Waals surface area contributed by atoms with Gasteiger partial charge in [0.25, 0.3) is 0 Å². The van der Waals surface area contributed by atoms with Crippen LogP contribution in [-0.4, -0.2) is 24.1 Å². The van der Waals surface area contributed by atoms with Crippen LogP contribution in [0.15, 0.2) is 241 Å². The highest BCUT2D eigenvalue weighted by Crippen LogP contribution is 2.46. The standard InChI is InChI=1S/C63H39N5O/c1-5-18-40(19-6-1)43-24-17-25-45(38-43)62-64-61(42-22-9-3-10-23-42)65-63(66-62)49-33-35-55(60-57(49)48-29-14-16-31-56(48)69-60)68-52-34-32-44(41-20-7-2-8-21-41)39-50(52)59-54(68)37-36-53-58(59)47-28-13-15-30-51(47)67(53)46-26-11-4-12-27-46/h1-39H. The predicted octanol–water partition coefficient (Wildman–Crippen LogP) is 16.3. The van der Waals surface area contributed by atoms with Crippen LogP contribution in [-0.2, 0) is 0 Å². The summed E-state index contributed by atoms with van der Waals surface area (Å²) in [4.78, 5) is 15.7. The third kappa shape index (κ3) is 6.23.